The zero-order valence-corrected chi connectivity index (χ0v) is 8.61. The number of hydrogen-bond acceptors (Lipinski definition) is 0. The number of unbranched alkanes of at least 4 members (excludes halogenated alkanes) is 1. The van der Waals surface area contributed by atoms with E-state index in [1.54, 1.807) is 18.9 Å². The molecule has 0 spiro atoms. The average Bonchev–Trinajstić information content (AvgIpc) is 2.64. The molecule has 0 radical (unpaired) electrons. The standard InChI is InChI=1S/C9H20Si/c1-4-5-8-10(2,3)9-6-7-9/h9H,4-8H2,1-3H3. The summed E-state index contributed by atoms with van der Waals surface area (Å²) in [5, 5.41) is 0. The van der Waals surface area contributed by atoms with Crippen molar-refractivity contribution in [3.63, 3.8) is 0 Å². The molecular weight excluding hydrogens is 136 g/mol. The molecule has 1 aliphatic rings. The van der Waals surface area contributed by atoms with Gasteiger partial charge in [0.2, 0.25) is 0 Å². The largest absolute Gasteiger partial charge is 0.0691 e. The first kappa shape index (κ1) is 8.31. The van der Waals surface area contributed by atoms with Crippen molar-refractivity contribution < 1.29 is 0 Å². The van der Waals surface area contributed by atoms with Gasteiger partial charge in [0.1, 0.15) is 0 Å². The second kappa shape index (κ2) is 3.08. The minimum atomic E-state index is -0.691. The summed E-state index contributed by atoms with van der Waals surface area (Å²) in [5.74, 6) is 0. The van der Waals surface area contributed by atoms with E-state index in [2.05, 4.69) is 20.0 Å². The zero-order valence-electron chi connectivity index (χ0n) is 7.61. The molecule has 1 rings (SSSR count). The highest BCUT2D eigenvalue weighted by atomic mass is 28.3. The van der Waals surface area contributed by atoms with E-state index in [4.69, 9.17) is 0 Å². The maximum atomic E-state index is 2.57. The molecule has 0 nitrogen and oxygen atoms in total. The van der Waals surface area contributed by atoms with E-state index in [1.807, 2.05) is 0 Å². The van der Waals surface area contributed by atoms with Crippen LogP contribution in [-0.2, 0) is 0 Å². The molecule has 60 valence electrons. The highest BCUT2D eigenvalue weighted by molar-refractivity contribution is 6.79. The Balaban J connectivity index is 2.20. The molecular formula is C9H20Si. The summed E-state index contributed by atoms with van der Waals surface area (Å²) in [6.07, 6.45) is 5.99. The molecule has 0 heterocycles. The molecule has 0 N–H and O–H groups in total. The Labute approximate surface area is 66.0 Å². The number of rotatable bonds is 4. The lowest BCUT2D eigenvalue weighted by molar-refractivity contribution is 0.862. The van der Waals surface area contributed by atoms with Crippen molar-refractivity contribution in [2.24, 2.45) is 0 Å². The third-order valence-electron chi connectivity index (χ3n) is 2.86. The van der Waals surface area contributed by atoms with Gasteiger partial charge in [0.05, 0.1) is 8.07 Å². The normalized spacial score (nSPS) is 19.5. The fraction of sp³-hybridized carbons (Fsp3) is 1.00. The molecule has 0 aliphatic heterocycles. The predicted molar refractivity (Wildman–Crippen MR) is 50.2 cm³/mol. The van der Waals surface area contributed by atoms with Gasteiger partial charge in [-0.15, -0.1) is 0 Å². The van der Waals surface area contributed by atoms with Gasteiger partial charge < -0.3 is 0 Å². The van der Waals surface area contributed by atoms with Gasteiger partial charge >= 0.3 is 0 Å². The van der Waals surface area contributed by atoms with E-state index in [9.17, 15) is 0 Å². The van der Waals surface area contributed by atoms with Gasteiger partial charge in [0.15, 0.2) is 0 Å². The van der Waals surface area contributed by atoms with E-state index in [1.165, 1.54) is 18.4 Å². The van der Waals surface area contributed by atoms with Crippen molar-refractivity contribution in [2.45, 2.75) is 57.3 Å². The van der Waals surface area contributed by atoms with Crippen LogP contribution in [0.15, 0.2) is 0 Å². The summed E-state index contributed by atoms with van der Waals surface area (Å²) in [6.45, 7) is 7.44. The molecule has 1 saturated carbocycles. The average molecular weight is 156 g/mol. The van der Waals surface area contributed by atoms with Crippen LogP contribution >= 0.6 is 0 Å². The predicted octanol–water partition coefficient (Wildman–Crippen LogP) is 3.66. The first-order valence-corrected chi connectivity index (χ1v) is 7.95. The Bertz CT molecular complexity index is 103. The van der Waals surface area contributed by atoms with Crippen LogP contribution in [0.2, 0.25) is 24.7 Å². The van der Waals surface area contributed by atoms with Gasteiger partial charge in [-0.1, -0.05) is 51.7 Å². The van der Waals surface area contributed by atoms with Crippen molar-refractivity contribution in [2.75, 3.05) is 0 Å². The summed E-state index contributed by atoms with van der Waals surface area (Å²) in [6, 6.07) is 1.58. The zero-order chi connectivity index (χ0) is 7.61. The van der Waals surface area contributed by atoms with Gasteiger partial charge in [0.25, 0.3) is 0 Å². The molecule has 10 heavy (non-hydrogen) atoms. The van der Waals surface area contributed by atoms with Crippen LogP contribution in [0.1, 0.15) is 32.6 Å². The number of hydrogen-bond donors (Lipinski definition) is 0. The van der Waals surface area contributed by atoms with Crippen molar-refractivity contribution >= 4 is 8.07 Å². The van der Waals surface area contributed by atoms with E-state index < -0.39 is 8.07 Å². The Kier molecular flexibility index (Phi) is 2.56. The summed E-state index contributed by atoms with van der Waals surface area (Å²) in [5.41, 5.74) is 1.21. The summed E-state index contributed by atoms with van der Waals surface area (Å²) < 4.78 is 0. The maximum absolute atomic E-state index is 2.57. The molecule has 0 bridgehead atoms. The van der Waals surface area contributed by atoms with Gasteiger partial charge in [-0.3, -0.25) is 0 Å². The molecule has 1 heteroatoms. The molecule has 0 aromatic rings. The van der Waals surface area contributed by atoms with Crippen molar-refractivity contribution in [1.82, 2.24) is 0 Å². The Morgan fingerprint density at radius 1 is 1.30 bits per heavy atom. The lowest BCUT2D eigenvalue weighted by Crippen LogP contribution is -2.24. The van der Waals surface area contributed by atoms with Gasteiger partial charge in [-0.2, -0.15) is 0 Å². The van der Waals surface area contributed by atoms with Crippen molar-refractivity contribution in [3.05, 3.63) is 0 Å². The second-order valence-corrected chi connectivity index (χ2v) is 9.66. The van der Waals surface area contributed by atoms with E-state index in [-0.39, 0.29) is 0 Å². The molecule has 0 saturated heterocycles. The summed E-state index contributed by atoms with van der Waals surface area (Å²) in [4.78, 5) is 0. The van der Waals surface area contributed by atoms with Gasteiger partial charge in [-0.25, -0.2) is 0 Å². The monoisotopic (exact) mass is 156 g/mol. The summed E-state index contributed by atoms with van der Waals surface area (Å²) in [7, 11) is -0.691. The lowest BCUT2D eigenvalue weighted by atomic mass is 10.4. The fourth-order valence-corrected chi connectivity index (χ4v) is 5.10. The Morgan fingerprint density at radius 3 is 2.30 bits per heavy atom. The van der Waals surface area contributed by atoms with Gasteiger partial charge in [-0.05, 0) is 5.54 Å². The van der Waals surface area contributed by atoms with Crippen molar-refractivity contribution in [3.8, 4) is 0 Å². The quantitative estimate of drug-likeness (QED) is 0.545. The molecule has 0 unspecified atom stereocenters. The van der Waals surface area contributed by atoms with E-state index >= 15 is 0 Å². The Hall–Kier alpha value is 0.217. The summed E-state index contributed by atoms with van der Waals surface area (Å²) >= 11 is 0. The fourth-order valence-electron chi connectivity index (χ4n) is 1.70. The minimum absolute atomic E-state index is 0.691. The van der Waals surface area contributed by atoms with Crippen LogP contribution in [-0.4, -0.2) is 8.07 Å². The molecule has 0 aromatic heterocycles. The minimum Gasteiger partial charge on any atom is -0.0691 e. The van der Waals surface area contributed by atoms with Gasteiger partial charge in [0, 0.05) is 0 Å². The first-order chi connectivity index (χ1) is 4.67. The van der Waals surface area contributed by atoms with Crippen LogP contribution in [0, 0.1) is 0 Å². The molecule has 0 aromatic carbocycles. The van der Waals surface area contributed by atoms with Crippen molar-refractivity contribution in [1.29, 1.82) is 0 Å². The second-order valence-electron chi connectivity index (χ2n) is 4.37. The lowest BCUT2D eigenvalue weighted by Gasteiger charge is -2.20. The smallest absolute Gasteiger partial charge is 0.0504 e. The first-order valence-electron chi connectivity index (χ1n) is 4.67. The molecule has 0 amide bonds. The molecule has 0 atom stereocenters. The molecule has 1 fully saturated rings. The van der Waals surface area contributed by atoms with Crippen LogP contribution in [0.25, 0.3) is 0 Å². The maximum Gasteiger partial charge on any atom is 0.0504 e. The van der Waals surface area contributed by atoms with Crippen LogP contribution in [0.3, 0.4) is 0 Å². The van der Waals surface area contributed by atoms with E-state index in [0.717, 1.165) is 0 Å². The highest BCUT2D eigenvalue weighted by Crippen LogP contribution is 2.47. The van der Waals surface area contributed by atoms with Crippen LogP contribution in [0.5, 0.6) is 0 Å². The SMILES string of the molecule is CCCC[Si](C)(C)C1CC1. The van der Waals surface area contributed by atoms with Crippen LogP contribution in [0.4, 0.5) is 0 Å². The third kappa shape index (κ3) is 2.12. The molecule has 1 aliphatic carbocycles. The Morgan fingerprint density at radius 2 is 1.90 bits per heavy atom. The topological polar surface area (TPSA) is 0 Å². The highest BCUT2D eigenvalue weighted by Gasteiger charge is 2.38. The third-order valence-corrected chi connectivity index (χ3v) is 7.29. The van der Waals surface area contributed by atoms with Crippen LogP contribution < -0.4 is 0 Å². The van der Waals surface area contributed by atoms with E-state index in [0.29, 0.717) is 0 Å².